The predicted molar refractivity (Wildman–Crippen MR) is 42.0 cm³/mol. The highest BCUT2D eigenvalue weighted by molar-refractivity contribution is 6.01. The van der Waals surface area contributed by atoms with E-state index >= 15 is 0 Å². The Bertz CT molecular complexity index is 202. The molecular formula is C8H14N2O. The Hall–Kier alpha value is -0.570. The Morgan fingerprint density at radius 1 is 1.45 bits per heavy atom. The van der Waals surface area contributed by atoms with Crippen LogP contribution in [0, 0.1) is 0 Å². The molecule has 2 fully saturated rings. The number of fused-ring (bicyclic) bond motifs is 1. The van der Waals surface area contributed by atoms with Crippen molar-refractivity contribution in [3.63, 3.8) is 0 Å². The molecule has 1 atom stereocenters. The Morgan fingerprint density at radius 2 is 2.18 bits per heavy atom. The third-order valence-corrected chi connectivity index (χ3v) is 2.88. The van der Waals surface area contributed by atoms with Gasteiger partial charge in [-0.25, -0.2) is 0 Å². The molecule has 0 aromatic carbocycles. The zero-order valence-electron chi connectivity index (χ0n) is 7.13. The van der Waals surface area contributed by atoms with Gasteiger partial charge in [-0.05, 0) is 33.4 Å². The average Bonchev–Trinajstić information content (AvgIpc) is 2.60. The summed E-state index contributed by atoms with van der Waals surface area (Å²) in [6.45, 7) is 0.969. The molecule has 3 nitrogen and oxygen atoms in total. The Kier molecular flexibility index (Phi) is 1.27. The van der Waals surface area contributed by atoms with Crippen LogP contribution in [-0.2, 0) is 4.79 Å². The fourth-order valence-corrected chi connectivity index (χ4v) is 2.13. The molecule has 62 valence electrons. The van der Waals surface area contributed by atoms with Crippen molar-refractivity contribution in [2.45, 2.75) is 24.9 Å². The number of hydrogen-bond donors (Lipinski definition) is 0. The van der Waals surface area contributed by atoms with E-state index in [1.165, 1.54) is 12.8 Å². The second kappa shape index (κ2) is 1.97. The minimum Gasteiger partial charge on any atom is -0.313 e. The first kappa shape index (κ1) is 7.10. The number of carbonyl (C=O) groups is 1. The van der Waals surface area contributed by atoms with Crippen molar-refractivity contribution in [3.8, 4) is 0 Å². The number of rotatable bonds is 1. The van der Waals surface area contributed by atoms with E-state index < -0.39 is 0 Å². The Balaban J connectivity index is 2.20. The van der Waals surface area contributed by atoms with Crippen molar-refractivity contribution in [1.29, 1.82) is 0 Å². The van der Waals surface area contributed by atoms with Crippen molar-refractivity contribution in [1.82, 2.24) is 9.80 Å². The van der Waals surface area contributed by atoms with Crippen molar-refractivity contribution >= 4 is 5.91 Å². The maximum Gasteiger partial charge on any atom is 0.265 e. The minimum atomic E-state index is -0.168. The van der Waals surface area contributed by atoms with Crippen LogP contribution in [0.2, 0.25) is 0 Å². The molecule has 0 unspecified atom stereocenters. The maximum atomic E-state index is 11.4. The molecule has 0 bridgehead atoms. The molecule has 2 rings (SSSR count). The number of piperidine rings is 1. The third-order valence-electron chi connectivity index (χ3n) is 2.88. The van der Waals surface area contributed by atoms with E-state index in [0.717, 1.165) is 13.0 Å². The predicted octanol–water partition coefficient (Wildman–Crippen LogP) is 0.270. The maximum absolute atomic E-state index is 11.4. The number of hydrogen-bond acceptors (Lipinski definition) is 2. The Labute approximate surface area is 67.0 Å². The fourth-order valence-electron chi connectivity index (χ4n) is 2.13. The molecule has 0 aromatic heterocycles. The summed E-state index contributed by atoms with van der Waals surface area (Å²) in [5.74, 6) is 0.333. The van der Waals surface area contributed by atoms with E-state index in [2.05, 4.69) is 4.90 Å². The molecule has 0 aliphatic carbocycles. The molecule has 2 heterocycles. The molecule has 2 saturated heterocycles. The lowest BCUT2D eigenvalue weighted by Gasteiger charge is -2.26. The van der Waals surface area contributed by atoms with Gasteiger partial charge in [0.25, 0.3) is 5.91 Å². The minimum absolute atomic E-state index is 0.168. The first-order valence-electron chi connectivity index (χ1n) is 4.19. The van der Waals surface area contributed by atoms with E-state index in [4.69, 9.17) is 0 Å². The third kappa shape index (κ3) is 0.692. The van der Waals surface area contributed by atoms with Gasteiger partial charge in [0.2, 0.25) is 0 Å². The van der Waals surface area contributed by atoms with Crippen LogP contribution >= 0.6 is 0 Å². The summed E-state index contributed by atoms with van der Waals surface area (Å²) in [5.41, 5.74) is -0.168. The summed E-state index contributed by atoms with van der Waals surface area (Å²) in [5, 5.41) is 0. The van der Waals surface area contributed by atoms with Crippen LogP contribution < -0.4 is 0 Å². The highest BCUT2D eigenvalue weighted by Crippen LogP contribution is 2.43. The summed E-state index contributed by atoms with van der Waals surface area (Å²) >= 11 is 0. The van der Waals surface area contributed by atoms with Gasteiger partial charge in [0.15, 0.2) is 5.66 Å². The van der Waals surface area contributed by atoms with E-state index in [9.17, 15) is 4.79 Å². The molecule has 0 saturated carbocycles. The van der Waals surface area contributed by atoms with Crippen LogP contribution in [-0.4, -0.2) is 42.0 Å². The van der Waals surface area contributed by atoms with Gasteiger partial charge in [-0.15, -0.1) is 0 Å². The van der Waals surface area contributed by atoms with Gasteiger partial charge in [0.1, 0.15) is 0 Å². The van der Waals surface area contributed by atoms with Crippen molar-refractivity contribution < 1.29 is 4.79 Å². The van der Waals surface area contributed by atoms with E-state index in [1.807, 2.05) is 19.0 Å². The molecule has 0 radical (unpaired) electrons. The molecular weight excluding hydrogens is 140 g/mol. The van der Waals surface area contributed by atoms with Crippen LogP contribution in [0.5, 0.6) is 0 Å². The number of amides is 1. The molecule has 2 aliphatic heterocycles. The Morgan fingerprint density at radius 3 is 2.64 bits per heavy atom. The van der Waals surface area contributed by atoms with Crippen molar-refractivity contribution in [2.24, 2.45) is 0 Å². The van der Waals surface area contributed by atoms with E-state index in [0.29, 0.717) is 5.91 Å². The first-order valence-corrected chi connectivity index (χ1v) is 4.19. The zero-order chi connectivity index (χ0) is 8.06. The quantitative estimate of drug-likeness (QED) is 0.506. The second-order valence-corrected chi connectivity index (χ2v) is 3.62. The molecule has 1 amide bonds. The SMILES string of the molecule is CN(C)[C@]12CCCCN1C2=O. The highest BCUT2D eigenvalue weighted by atomic mass is 16.2. The summed E-state index contributed by atoms with van der Waals surface area (Å²) in [6, 6.07) is 0. The number of likely N-dealkylation sites (N-methyl/N-ethyl adjacent to an activating group) is 1. The normalized spacial score (nSPS) is 35.9. The molecule has 11 heavy (non-hydrogen) atoms. The molecule has 0 spiro atoms. The molecule has 3 heteroatoms. The number of carbonyl (C=O) groups excluding carboxylic acids is 1. The largest absolute Gasteiger partial charge is 0.313 e. The smallest absolute Gasteiger partial charge is 0.265 e. The van der Waals surface area contributed by atoms with Gasteiger partial charge in [-0.3, -0.25) is 9.69 Å². The van der Waals surface area contributed by atoms with Gasteiger partial charge in [0.05, 0.1) is 0 Å². The standard InChI is InChI=1S/C8H14N2O/c1-9(2)8-5-3-4-6-10(8)7(8)11/h3-6H2,1-2H3/t8-,10?/m1/s1. The second-order valence-electron chi connectivity index (χ2n) is 3.62. The van der Waals surface area contributed by atoms with E-state index in [-0.39, 0.29) is 5.66 Å². The van der Waals surface area contributed by atoms with Crippen molar-refractivity contribution in [3.05, 3.63) is 0 Å². The lowest BCUT2D eigenvalue weighted by atomic mass is 10.1. The van der Waals surface area contributed by atoms with Crippen molar-refractivity contribution in [2.75, 3.05) is 20.6 Å². The fraction of sp³-hybridized carbons (Fsp3) is 0.875. The topological polar surface area (TPSA) is 23.3 Å². The van der Waals surface area contributed by atoms with Crippen LogP contribution in [0.4, 0.5) is 0 Å². The average molecular weight is 154 g/mol. The van der Waals surface area contributed by atoms with Crippen LogP contribution in [0.1, 0.15) is 19.3 Å². The lowest BCUT2D eigenvalue weighted by Crippen LogP contribution is -2.38. The zero-order valence-corrected chi connectivity index (χ0v) is 7.13. The van der Waals surface area contributed by atoms with Crippen LogP contribution in [0.15, 0.2) is 0 Å². The van der Waals surface area contributed by atoms with Gasteiger partial charge in [-0.1, -0.05) is 0 Å². The first-order chi connectivity index (χ1) is 5.19. The summed E-state index contributed by atoms with van der Waals surface area (Å²) in [7, 11) is 3.98. The lowest BCUT2D eigenvalue weighted by molar-refractivity contribution is -0.115. The summed E-state index contributed by atoms with van der Waals surface area (Å²) < 4.78 is 0. The van der Waals surface area contributed by atoms with Crippen LogP contribution in [0.25, 0.3) is 0 Å². The monoisotopic (exact) mass is 154 g/mol. The molecule has 0 N–H and O–H groups in total. The molecule has 0 aromatic rings. The van der Waals surface area contributed by atoms with Gasteiger partial charge < -0.3 is 4.90 Å². The molecule has 2 aliphatic rings. The van der Waals surface area contributed by atoms with Crippen LogP contribution in [0.3, 0.4) is 0 Å². The summed E-state index contributed by atoms with van der Waals surface area (Å²) in [4.78, 5) is 15.4. The van der Waals surface area contributed by atoms with E-state index in [1.54, 1.807) is 0 Å². The highest BCUT2D eigenvalue weighted by Gasteiger charge is 2.64. The van der Waals surface area contributed by atoms with Gasteiger partial charge in [-0.2, -0.15) is 0 Å². The van der Waals surface area contributed by atoms with Gasteiger partial charge in [0, 0.05) is 6.54 Å². The number of nitrogens with zero attached hydrogens (tertiary/aromatic N) is 2. The van der Waals surface area contributed by atoms with Gasteiger partial charge >= 0.3 is 0 Å². The summed E-state index contributed by atoms with van der Waals surface area (Å²) in [6.07, 6.45) is 3.40.